The zero-order chi connectivity index (χ0) is 61.3. The molecule has 12 aromatic carbocycles. The Kier molecular flexibility index (Phi) is 11.8. The Bertz CT molecular complexity index is 5040. The monoisotopic (exact) mass is 1150 g/mol. The minimum Gasteiger partial charge on any atom is -0.455 e. The first-order chi connectivity index (χ1) is 42.7. The van der Waals surface area contributed by atoms with Gasteiger partial charge in [-0.25, -0.2) is 0 Å². The van der Waals surface area contributed by atoms with Crippen molar-refractivity contribution < 1.29 is 8.83 Å². The van der Waals surface area contributed by atoms with Crippen LogP contribution in [0.2, 0.25) is 0 Å². The van der Waals surface area contributed by atoms with Crippen LogP contribution in [0.15, 0.2) is 239 Å². The molecule has 436 valence electrons. The molecule has 2 aromatic heterocycles. The molecule has 0 N–H and O–H groups in total. The summed E-state index contributed by atoms with van der Waals surface area (Å²) in [5.74, 6) is 0. The fourth-order valence-electron chi connectivity index (χ4n) is 15.1. The van der Waals surface area contributed by atoms with Gasteiger partial charge in [-0.15, -0.1) is 0 Å². The highest BCUT2D eigenvalue weighted by Crippen LogP contribution is 2.68. The Morgan fingerprint density at radius 1 is 0.292 bits per heavy atom. The van der Waals surface area contributed by atoms with E-state index in [1.165, 1.54) is 61.0 Å². The molecular weight excluding hydrogens is 1080 g/mol. The third-order valence-corrected chi connectivity index (χ3v) is 19.7. The number of hydrogen-bond acceptors (Lipinski definition) is 4. The van der Waals surface area contributed by atoms with Crippen molar-refractivity contribution in [2.75, 3.05) is 9.80 Å². The van der Waals surface area contributed by atoms with Gasteiger partial charge in [-0.05, 0) is 184 Å². The lowest BCUT2D eigenvalue weighted by Gasteiger charge is -2.34. The van der Waals surface area contributed by atoms with E-state index in [9.17, 15) is 0 Å². The van der Waals surface area contributed by atoms with E-state index in [4.69, 9.17) is 8.83 Å². The second-order valence-corrected chi connectivity index (χ2v) is 29.3. The lowest BCUT2D eigenvalue weighted by molar-refractivity contribution is 0.590. The number of anilines is 6. The van der Waals surface area contributed by atoms with E-state index in [2.05, 4.69) is 323 Å². The predicted molar refractivity (Wildman–Crippen MR) is 376 cm³/mol. The van der Waals surface area contributed by atoms with Crippen molar-refractivity contribution in [3.63, 3.8) is 0 Å². The zero-order valence-electron chi connectivity index (χ0n) is 53.2. The Balaban J connectivity index is 1.08. The van der Waals surface area contributed by atoms with Crippen molar-refractivity contribution in [3.8, 4) is 22.3 Å². The maximum atomic E-state index is 7.63. The van der Waals surface area contributed by atoms with Crippen LogP contribution >= 0.6 is 0 Å². The van der Waals surface area contributed by atoms with Crippen molar-refractivity contribution in [3.05, 3.63) is 275 Å². The van der Waals surface area contributed by atoms with E-state index in [0.29, 0.717) is 0 Å². The summed E-state index contributed by atoms with van der Waals surface area (Å²) in [4.78, 5) is 4.95. The normalized spacial score (nSPS) is 13.7. The Labute approximate surface area is 522 Å². The zero-order valence-corrected chi connectivity index (χ0v) is 53.2. The van der Waals surface area contributed by atoms with Crippen LogP contribution in [0.4, 0.5) is 34.1 Å². The molecule has 14 aromatic rings. The van der Waals surface area contributed by atoms with Crippen LogP contribution in [-0.4, -0.2) is 0 Å². The summed E-state index contributed by atoms with van der Waals surface area (Å²) < 4.78 is 15.0. The summed E-state index contributed by atoms with van der Waals surface area (Å²) >= 11 is 0. The summed E-state index contributed by atoms with van der Waals surface area (Å²) in [6, 6.07) is 87.2. The summed E-state index contributed by atoms with van der Waals surface area (Å²) in [5.41, 5.74) is 23.8. The maximum Gasteiger partial charge on any atom is 0.145 e. The maximum absolute atomic E-state index is 7.63. The van der Waals surface area contributed by atoms with Crippen LogP contribution < -0.4 is 9.80 Å². The van der Waals surface area contributed by atoms with Crippen molar-refractivity contribution in [1.29, 1.82) is 0 Å². The first-order valence-corrected chi connectivity index (χ1v) is 31.7. The molecular formula is C85H74N2O2. The molecule has 0 amide bonds. The van der Waals surface area contributed by atoms with E-state index in [-0.39, 0.29) is 21.7 Å². The van der Waals surface area contributed by atoms with Gasteiger partial charge in [0.15, 0.2) is 0 Å². The molecule has 1 spiro atoms. The molecule has 0 radical (unpaired) electrons. The quantitative estimate of drug-likeness (QED) is 0.166. The molecule has 89 heavy (non-hydrogen) atoms. The standard InChI is InChI=1S/C85H74N2O2/c1-81(2,3)51-29-37-55(38-30-51)86(56-39-31-52(32-40-56)82(4,5)6)59-45-46-63-67(49-59)74-65-24-16-20-28-73(65)89-80(74)77-75-66-48-47-64-62-23-15-19-27-72(62)88-79(64)76(66)71(50-70(75)85(78(63)77)68-25-17-13-21-60(68)61-22-14-18-26-69(61)85)87(57-41-33-53(34-42-57)83(7,8)9)58-43-35-54(36-44-58)84(10,11)12/h13-50H,1-12H3. The van der Waals surface area contributed by atoms with Crippen molar-refractivity contribution in [2.45, 2.75) is 110 Å². The average Bonchev–Trinajstić information content (AvgIpc) is 1.48. The van der Waals surface area contributed by atoms with Gasteiger partial charge in [-0.3, -0.25) is 0 Å². The predicted octanol–water partition coefficient (Wildman–Crippen LogP) is 24.3. The fraction of sp³-hybridized carbons (Fsp3) is 0.200. The van der Waals surface area contributed by atoms with Crippen LogP contribution in [0.25, 0.3) is 87.7 Å². The van der Waals surface area contributed by atoms with Crippen molar-refractivity contribution >= 4 is 99.5 Å². The van der Waals surface area contributed by atoms with Gasteiger partial charge >= 0.3 is 0 Å². The van der Waals surface area contributed by atoms with E-state index >= 15 is 0 Å². The molecule has 2 heterocycles. The van der Waals surface area contributed by atoms with Crippen molar-refractivity contribution in [1.82, 2.24) is 0 Å². The highest BCUT2D eigenvalue weighted by atomic mass is 16.3. The molecule has 0 aliphatic heterocycles. The van der Waals surface area contributed by atoms with Gasteiger partial charge < -0.3 is 18.6 Å². The minimum absolute atomic E-state index is 0.00214. The Morgan fingerprint density at radius 2 is 0.697 bits per heavy atom. The average molecular weight is 1160 g/mol. The number of fused-ring (bicyclic) bond motifs is 23. The van der Waals surface area contributed by atoms with E-state index in [1.807, 2.05) is 0 Å². The van der Waals surface area contributed by atoms with Gasteiger partial charge in [0, 0.05) is 60.9 Å². The van der Waals surface area contributed by atoms with E-state index in [1.54, 1.807) is 0 Å². The molecule has 0 bridgehead atoms. The summed E-state index contributed by atoms with van der Waals surface area (Å²) in [7, 11) is 0. The summed E-state index contributed by atoms with van der Waals surface area (Å²) in [6.45, 7) is 27.5. The van der Waals surface area contributed by atoms with Gasteiger partial charge in [-0.1, -0.05) is 229 Å². The SMILES string of the molecule is CC(C)(C)c1ccc(N(c2ccc(C(C)(C)C)cc2)c2ccc3c4c(c5oc6ccccc6c5c3c2)-c2c(cc(N(c3ccc(C(C)(C)C)cc3)c3ccc(C(C)(C)C)cc3)c3c2ccc2c5ccccc5oc23)C42c3ccccc3-c3ccccc32)cc1. The fourth-order valence-corrected chi connectivity index (χ4v) is 15.1. The lowest BCUT2D eigenvalue weighted by Crippen LogP contribution is -2.26. The molecule has 16 rings (SSSR count). The van der Waals surface area contributed by atoms with Gasteiger partial charge in [-0.2, -0.15) is 0 Å². The van der Waals surface area contributed by atoms with Gasteiger partial charge in [0.25, 0.3) is 0 Å². The largest absolute Gasteiger partial charge is 0.455 e. The van der Waals surface area contributed by atoms with Gasteiger partial charge in [0.1, 0.15) is 22.3 Å². The number of hydrogen-bond donors (Lipinski definition) is 0. The molecule has 0 saturated carbocycles. The second-order valence-electron chi connectivity index (χ2n) is 29.3. The van der Waals surface area contributed by atoms with Crippen LogP contribution in [0.3, 0.4) is 0 Å². The number of benzene rings is 12. The van der Waals surface area contributed by atoms with E-state index in [0.717, 1.165) is 105 Å². The smallest absolute Gasteiger partial charge is 0.145 e. The molecule has 2 aliphatic carbocycles. The third kappa shape index (κ3) is 8.18. The molecule has 4 nitrogen and oxygen atoms in total. The molecule has 4 heteroatoms. The second kappa shape index (κ2) is 19.2. The van der Waals surface area contributed by atoms with E-state index < -0.39 is 5.41 Å². The van der Waals surface area contributed by atoms with Gasteiger partial charge in [0.2, 0.25) is 0 Å². The highest BCUT2D eigenvalue weighted by molar-refractivity contribution is 6.31. The Hall–Kier alpha value is -9.64. The van der Waals surface area contributed by atoms with Crippen LogP contribution in [-0.2, 0) is 27.1 Å². The lowest BCUT2D eigenvalue weighted by atomic mass is 9.69. The number of furan rings is 2. The minimum atomic E-state index is -0.820. The van der Waals surface area contributed by atoms with Crippen molar-refractivity contribution in [2.24, 2.45) is 0 Å². The van der Waals surface area contributed by atoms with Crippen LogP contribution in [0.5, 0.6) is 0 Å². The third-order valence-electron chi connectivity index (χ3n) is 19.7. The van der Waals surface area contributed by atoms with Gasteiger partial charge in [0.05, 0.1) is 11.1 Å². The topological polar surface area (TPSA) is 32.8 Å². The first-order valence-electron chi connectivity index (χ1n) is 31.7. The van der Waals surface area contributed by atoms with Crippen LogP contribution in [0, 0.1) is 0 Å². The molecule has 0 saturated heterocycles. The van der Waals surface area contributed by atoms with Crippen LogP contribution in [0.1, 0.15) is 128 Å². The first kappa shape index (κ1) is 54.7. The molecule has 0 unspecified atom stereocenters. The number of para-hydroxylation sites is 2. The Morgan fingerprint density at radius 3 is 1.20 bits per heavy atom. The molecule has 0 fully saturated rings. The highest BCUT2D eigenvalue weighted by Gasteiger charge is 2.55. The summed E-state index contributed by atoms with van der Waals surface area (Å²) in [5, 5.41) is 8.83. The number of nitrogens with zero attached hydrogens (tertiary/aromatic N) is 2. The number of rotatable bonds is 6. The molecule has 2 aliphatic rings. The molecule has 0 atom stereocenters. The summed E-state index contributed by atoms with van der Waals surface area (Å²) in [6.07, 6.45) is 0.